The SMILES string of the molecule is O=C(NN=Cc1c[nH]c2cc(OCc3ccccc3)ccc12)c1ccc2ccccc2c1. The van der Waals surface area contributed by atoms with E-state index >= 15 is 0 Å². The van der Waals surface area contributed by atoms with Crippen molar-refractivity contribution in [2.45, 2.75) is 6.61 Å². The van der Waals surface area contributed by atoms with Gasteiger partial charge in [-0.25, -0.2) is 5.43 Å². The van der Waals surface area contributed by atoms with E-state index in [1.54, 1.807) is 12.3 Å². The lowest BCUT2D eigenvalue weighted by Gasteiger charge is -2.06. The average molecular weight is 419 g/mol. The van der Waals surface area contributed by atoms with Crippen molar-refractivity contribution >= 4 is 33.8 Å². The van der Waals surface area contributed by atoms with Gasteiger partial charge < -0.3 is 9.72 Å². The zero-order valence-corrected chi connectivity index (χ0v) is 17.3. The number of aromatic amines is 1. The predicted octanol–water partition coefficient (Wildman–Crippen LogP) is 5.66. The number of hydrogen-bond donors (Lipinski definition) is 2. The topological polar surface area (TPSA) is 66.5 Å². The van der Waals surface area contributed by atoms with E-state index in [1.165, 1.54) is 0 Å². The Labute approximate surface area is 185 Å². The monoisotopic (exact) mass is 419 g/mol. The number of carbonyl (C=O) groups excluding carboxylic acids is 1. The molecule has 1 amide bonds. The number of rotatable bonds is 6. The van der Waals surface area contributed by atoms with Gasteiger partial charge in [-0.1, -0.05) is 60.7 Å². The van der Waals surface area contributed by atoms with Gasteiger partial charge in [0, 0.05) is 34.3 Å². The first-order valence-corrected chi connectivity index (χ1v) is 10.4. The van der Waals surface area contributed by atoms with Crippen LogP contribution in [0.5, 0.6) is 5.75 Å². The number of H-pyrrole nitrogens is 1. The van der Waals surface area contributed by atoms with Crippen LogP contribution in [-0.4, -0.2) is 17.1 Å². The van der Waals surface area contributed by atoms with E-state index < -0.39 is 0 Å². The minimum atomic E-state index is -0.247. The maximum absolute atomic E-state index is 12.5. The standard InChI is InChI=1S/C27H21N3O2/c31-27(22-11-10-20-8-4-5-9-21(20)14-22)30-29-17-23-16-28-26-15-24(12-13-25(23)26)32-18-19-6-2-1-3-7-19/h1-17,28H,18H2,(H,30,31). The van der Waals surface area contributed by atoms with Crippen LogP contribution in [0.2, 0.25) is 0 Å². The Balaban J connectivity index is 1.25. The molecule has 5 aromatic rings. The molecule has 4 aromatic carbocycles. The first kappa shape index (κ1) is 19.6. The van der Waals surface area contributed by atoms with Crippen molar-refractivity contribution in [2.24, 2.45) is 5.10 Å². The number of hydrogen-bond acceptors (Lipinski definition) is 3. The van der Waals surface area contributed by atoms with E-state index in [2.05, 4.69) is 15.5 Å². The highest BCUT2D eigenvalue weighted by molar-refractivity contribution is 6.01. The van der Waals surface area contributed by atoms with Crippen LogP contribution >= 0.6 is 0 Å². The molecule has 0 saturated carbocycles. The zero-order valence-electron chi connectivity index (χ0n) is 17.3. The smallest absolute Gasteiger partial charge is 0.271 e. The van der Waals surface area contributed by atoms with Gasteiger partial charge in [-0.2, -0.15) is 5.10 Å². The van der Waals surface area contributed by atoms with Crippen molar-refractivity contribution in [3.05, 3.63) is 114 Å². The largest absolute Gasteiger partial charge is 0.489 e. The van der Waals surface area contributed by atoms with Crippen LogP contribution in [0.4, 0.5) is 0 Å². The first-order chi connectivity index (χ1) is 15.8. The van der Waals surface area contributed by atoms with Gasteiger partial charge in [-0.05, 0) is 40.6 Å². The van der Waals surface area contributed by atoms with Crippen LogP contribution in [0.1, 0.15) is 21.5 Å². The Kier molecular flexibility index (Phi) is 5.37. The zero-order chi connectivity index (χ0) is 21.8. The summed E-state index contributed by atoms with van der Waals surface area (Å²) in [5, 5.41) is 7.26. The summed E-state index contributed by atoms with van der Waals surface area (Å²) in [5.74, 6) is 0.541. The van der Waals surface area contributed by atoms with Crippen molar-refractivity contribution in [3.8, 4) is 5.75 Å². The molecule has 0 spiro atoms. The fourth-order valence-corrected chi connectivity index (χ4v) is 3.62. The summed E-state index contributed by atoms with van der Waals surface area (Å²) in [4.78, 5) is 15.7. The molecule has 0 aliphatic heterocycles. The fraction of sp³-hybridized carbons (Fsp3) is 0.0370. The Morgan fingerprint density at radius 1 is 0.906 bits per heavy atom. The van der Waals surface area contributed by atoms with E-state index in [0.717, 1.165) is 38.6 Å². The number of amides is 1. The summed E-state index contributed by atoms with van der Waals surface area (Å²) < 4.78 is 5.89. The third-order valence-corrected chi connectivity index (χ3v) is 5.31. The fourth-order valence-electron chi connectivity index (χ4n) is 3.62. The number of carbonyl (C=O) groups is 1. The normalized spacial score (nSPS) is 11.2. The van der Waals surface area contributed by atoms with E-state index in [0.29, 0.717) is 12.2 Å². The molecule has 2 N–H and O–H groups in total. The first-order valence-electron chi connectivity index (χ1n) is 10.4. The summed E-state index contributed by atoms with van der Waals surface area (Å²) >= 11 is 0. The number of fused-ring (bicyclic) bond motifs is 2. The average Bonchev–Trinajstić information content (AvgIpc) is 3.25. The van der Waals surface area contributed by atoms with Gasteiger partial charge in [-0.15, -0.1) is 0 Å². The van der Waals surface area contributed by atoms with Crippen molar-refractivity contribution in [2.75, 3.05) is 0 Å². The summed E-state index contributed by atoms with van der Waals surface area (Å²) in [6.45, 7) is 0.516. The molecule has 0 aliphatic rings. The van der Waals surface area contributed by atoms with Crippen molar-refractivity contribution < 1.29 is 9.53 Å². The van der Waals surface area contributed by atoms with Crippen molar-refractivity contribution in [1.82, 2.24) is 10.4 Å². The Morgan fingerprint density at radius 3 is 2.59 bits per heavy atom. The highest BCUT2D eigenvalue weighted by Crippen LogP contribution is 2.23. The van der Waals surface area contributed by atoms with E-state index in [1.807, 2.05) is 91.1 Å². The van der Waals surface area contributed by atoms with Crippen LogP contribution in [0.25, 0.3) is 21.7 Å². The van der Waals surface area contributed by atoms with Gasteiger partial charge in [0.1, 0.15) is 12.4 Å². The minimum absolute atomic E-state index is 0.247. The maximum Gasteiger partial charge on any atom is 0.271 e. The second-order valence-electron chi connectivity index (χ2n) is 7.49. The van der Waals surface area contributed by atoms with E-state index in [9.17, 15) is 4.79 Å². The molecule has 0 atom stereocenters. The molecule has 32 heavy (non-hydrogen) atoms. The molecule has 0 bridgehead atoms. The lowest BCUT2D eigenvalue weighted by atomic mass is 10.1. The predicted molar refractivity (Wildman–Crippen MR) is 128 cm³/mol. The molecular weight excluding hydrogens is 398 g/mol. The van der Waals surface area contributed by atoms with E-state index in [4.69, 9.17) is 4.74 Å². The number of ether oxygens (including phenoxy) is 1. The Morgan fingerprint density at radius 2 is 1.72 bits per heavy atom. The van der Waals surface area contributed by atoms with E-state index in [-0.39, 0.29) is 5.91 Å². The highest BCUT2D eigenvalue weighted by Gasteiger charge is 2.07. The van der Waals surface area contributed by atoms with Crippen LogP contribution < -0.4 is 10.2 Å². The van der Waals surface area contributed by atoms with Crippen molar-refractivity contribution in [3.63, 3.8) is 0 Å². The van der Waals surface area contributed by atoms with Crippen LogP contribution in [0, 0.1) is 0 Å². The summed E-state index contributed by atoms with van der Waals surface area (Å²) in [5.41, 5.74) is 6.12. The number of aromatic nitrogens is 1. The number of hydrazone groups is 1. The van der Waals surface area contributed by atoms with Gasteiger partial charge in [0.2, 0.25) is 0 Å². The van der Waals surface area contributed by atoms with Gasteiger partial charge in [0.15, 0.2) is 0 Å². The lowest BCUT2D eigenvalue weighted by molar-refractivity contribution is 0.0955. The Hall–Kier alpha value is -4.38. The molecule has 0 unspecified atom stereocenters. The summed E-state index contributed by atoms with van der Waals surface area (Å²) in [7, 11) is 0. The third-order valence-electron chi connectivity index (χ3n) is 5.31. The Bertz CT molecular complexity index is 1420. The maximum atomic E-state index is 12.5. The van der Waals surface area contributed by atoms with Gasteiger partial charge in [0.05, 0.1) is 6.21 Å². The molecule has 5 nitrogen and oxygen atoms in total. The number of benzene rings is 4. The van der Waals surface area contributed by atoms with Crippen LogP contribution in [0.15, 0.2) is 102 Å². The summed E-state index contributed by atoms with van der Waals surface area (Å²) in [6.07, 6.45) is 3.50. The lowest BCUT2D eigenvalue weighted by Crippen LogP contribution is -2.17. The molecule has 0 radical (unpaired) electrons. The van der Waals surface area contributed by atoms with Crippen molar-refractivity contribution in [1.29, 1.82) is 0 Å². The van der Waals surface area contributed by atoms with Gasteiger partial charge in [0.25, 0.3) is 5.91 Å². The molecule has 1 aromatic heterocycles. The molecule has 0 aliphatic carbocycles. The molecule has 1 heterocycles. The highest BCUT2D eigenvalue weighted by atomic mass is 16.5. The minimum Gasteiger partial charge on any atom is -0.489 e. The van der Waals surface area contributed by atoms with Gasteiger partial charge >= 0.3 is 0 Å². The van der Waals surface area contributed by atoms with Gasteiger partial charge in [-0.3, -0.25) is 4.79 Å². The number of nitrogens with zero attached hydrogens (tertiary/aromatic N) is 1. The van der Waals surface area contributed by atoms with Crippen LogP contribution in [-0.2, 0) is 6.61 Å². The molecular formula is C27H21N3O2. The molecule has 156 valence electrons. The van der Waals surface area contributed by atoms with Crippen LogP contribution in [0.3, 0.4) is 0 Å². The third kappa shape index (κ3) is 4.23. The molecule has 0 saturated heterocycles. The quantitative estimate of drug-likeness (QED) is 0.275. The molecule has 5 rings (SSSR count). The summed E-state index contributed by atoms with van der Waals surface area (Å²) in [6, 6.07) is 29.5. The molecule has 5 heteroatoms. The number of nitrogens with one attached hydrogen (secondary N) is 2. The second kappa shape index (κ2) is 8.78. The second-order valence-corrected chi connectivity index (χ2v) is 7.49. The molecule has 0 fully saturated rings.